The van der Waals surface area contributed by atoms with Crippen LogP contribution < -0.4 is 9.47 Å². The van der Waals surface area contributed by atoms with E-state index >= 15 is 0 Å². The predicted molar refractivity (Wildman–Crippen MR) is 168 cm³/mol. The molecule has 0 spiro atoms. The van der Waals surface area contributed by atoms with E-state index in [-0.39, 0.29) is 6.42 Å². The highest BCUT2D eigenvalue weighted by atomic mass is 16.9. The molecule has 0 bridgehead atoms. The first-order valence-corrected chi connectivity index (χ1v) is 15.3. The van der Waals surface area contributed by atoms with Gasteiger partial charge < -0.3 is 33.9 Å². The number of aromatic amines is 1. The van der Waals surface area contributed by atoms with Crippen molar-refractivity contribution in [2.75, 3.05) is 26.2 Å². The number of nitrogens with one attached hydrogen (secondary N) is 1. The number of likely N-dealkylation sites (tertiary alicyclic amines) is 1. The van der Waals surface area contributed by atoms with Crippen LogP contribution in [0, 0.1) is 0 Å². The summed E-state index contributed by atoms with van der Waals surface area (Å²) in [6.45, 7) is 2.25. The van der Waals surface area contributed by atoms with Gasteiger partial charge in [0.25, 0.3) is 0 Å². The van der Waals surface area contributed by atoms with E-state index in [1.165, 1.54) is 5.56 Å². The molecule has 230 valence electrons. The summed E-state index contributed by atoms with van der Waals surface area (Å²) in [7, 11) is 0. The van der Waals surface area contributed by atoms with Crippen LogP contribution in [0.5, 0.6) is 11.5 Å². The monoisotopic (exact) mass is 606 g/mol. The van der Waals surface area contributed by atoms with E-state index in [0.29, 0.717) is 44.8 Å². The molecule has 9 heteroatoms. The van der Waals surface area contributed by atoms with Crippen molar-refractivity contribution in [1.82, 2.24) is 9.88 Å². The van der Waals surface area contributed by atoms with E-state index in [1.807, 2.05) is 60.7 Å². The van der Waals surface area contributed by atoms with Gasteiger partial charge in [-0.2, -0.15) is 0 Å². The van der Waals surface area contributed by atoms with E-state index in [0.717, 1.165) is 39.4 Å². The van der Waals surface area contributed by atoms with Gasteiger partial charge in [0.1, 0.15) is 11.5 Å². The van der Waals surface area contributed by atoms with Gasteiger partial charge in [0, 0.05) is 43.2 Å². The molecule has 3 heterocycles. The Bertz CT molecular complexity index is 1830. The first-order valence-electron chi connectivity index (χ1n) is 15.3. The number of piperidine rings is 1. The van der Waals surface area contributed by atoms with Crippen LogP contribution in [0.3, 0.4) is 0 Å². The number of hydrogen-bond donors (Lipinski definition) is 2. The number of aromatic nitrogens is 1. The summed E-state index contributed by atoms with van der Waals surface area (Å²) in [5.74, 6) is -2.75. The SMILES string of the molecule is O=C1OC(CCN2CCC(O)(c3ccc4cc(OCCc5ccccc5)ccc4c3)CC2)(Oc2cccc3[nH]ccc23)OC1=O. The normalized spacial score (nSPS) is 17.7. The fourth-order valence-corrected chi connectivity index (χ4v) is 6.16. The number of benzene rings is 4. The fourth-order valence-electron chi connectivity index (χ4n) is 6.16. The smallest absolute Gasteiger partial charge is 0.423 e. The van der Waals surface area contributed by atoms with Crippen molar-refractivity contribution in [3.8, 4) is 11.5 Å². The number of H-pyrrole nitrogens is 1. The maximum absolute atomic E-state index is 12.1. The van der Waals surface area contributed by atoms with Crippen LogP contribution in [-0.2, 0) is 31.1 Å². The number of carbonyl (C=O) groups excluding carboxylic acids is 2. The number of carbonyl (C=O) groups is 2. The topological polar surface area (TPSA) is 110 Å². The van der Waals surface area contributed by atoms with Crippen molar-refractivity contribution in [2.24, 2.45) is 0 Å². The van der Waals surface area contributed by atoms with Crippen LogP contribution in [0.4, 0.5) is 0 Å². The molecule has 2 aliphatic heterocycles. The summed E-state index contributed by atoms with van der Waals surface area (Å²) in [6.07, 6.45) is 3.79. The molecule has 0 atom stereocenters. The van der Waals surface area contributed by atoms with Crippen LogP contribution >= 0.6 is 0 Å². The highest BCUT2D eigenvalue weighted by Crippen LogP contribution is 2.37. The zero-order valence-corrected chi connectivity index (χ0v) is 24.7. The summed E-state index contributed by atoms with van der Waals surface area (Å²) in [5, 5.41) is 14.5. The molecule has 9 nitrogen and oxygen atoms in total. The highest BCUT2D eigenvalue weighted by molar-refractivity contribution is 6.31. The van der Waals surface area contributed by atoms with E-state index in [2.05, 4.69) is 28.1 Å². The van der Waals surface area contributed by atoms with Gasteiger partial charge in [-0.15, -0.1) is 0 Å². The summed E-state index contributed by atoms with van der Waals surface area (Å²) >= 11 is 0. The molecule has 0 unspecified atom stereocenters. The number of nitrogens with zero attached hydrogens (tertiary/aromatic N) is 1. The van der Waals surface area contributed by atoms with Gasteiger partial charge in [-0.25, -0.2) is 9.59 Å². The first kappa shape index (κ1) is 28.9. The van der Waals surface area contributed by atoms with Crippen molar-refractivity contribution >= 4 is 33.6 Å². The molecule has 1 aromatic heterocycles. The van der Waals surface area contributed by atoms with E-state index < -0.39 is 23.5 Å². The van der Waals surface area contributed by atoms with Crippen LogP contribution in [-0.4, -0.2) is 59.1 Å². The Morgan fingerprint density at radius 1 is 0.844 bits per heavy atom. The minimum absolute atomic E-state index is 0.120. The zero-order chi connectivity index (χ0) is 30.9. The van der Waals surface area contributed by atoms with Gasteiger partial charge in [0.15, 0.2) is 0 Å². The number of rotatable bonds is 10. The number of esters is 2. The van der Waals surface area contributed by atoms with Crippen molar-refractivity contribution < 1.29 is 33.6 Å². The molecule has 5 aromatic rings. The molecule has 7 rings (SSSR count). The minimum Gasteiger partial charge on any atom is -0.493 e. The lowest BCUT2D eigenvalue weighted by atomic mass is 9.83. The number of cyclic esters (lactones) is 2. The molecule has 0 radical (unpaired) electrons. The van der Waals surface area contributed by atoms with Crippen LogP contribution in [0.2, 0.25) is 0 Å². The summed E-state index contributed by atoms with van der Waals surface area (Å²) in [4.78, 5) is 29.4. The maximum atomic E-state index is 12.1. The largest absolute Gasteiger partial charge is 0.493 e. The average Bonchev–Trinajstić information content (AvgIpc) is 3.65. The van der Waals surface area contributed by atoms with E-state index in [9.17, 15) is 14.7 Å². The minimum atomic E-state index is -1.85. The number of fused-ring (bicyclic) bond motifs is 2. The van der Waals surface area contributed by atoms with Gasteiger partial charge in [-0.05, 0) is 71.1 Å². The lowest BCUT2D eigenvalue weighted by Gasteiger charge is -2.39. The highest BCUT2D eigenvalue weighted by Gasteiger charge is 2.52. The number of aliphatic hydroxyl groups is 1. The Morgan fingerprint density at radius 3 is 2.40 bits per heavy atom. The lowest BCUT2D eigenvalue weighted by molar-refractivity contribution is -0.278. The second-order valence-electron chi connectivity index (χ2n) is 11.7. The van der Waals surface area contributed by atoms with Gasteiger partial charge in [-0.3, -0.25) is 0 Å². The van der Waals surface area contributed by atoms with Gasteiger partial charge >= 0.3 is 17.9 Å². The van der Waals surface area contributed by atoms with E-state index in [4.69, 9.17) is 18.9 Å². The summed E-state index contributed by atoms with van der Waals surface area (Å²) < 4.78 is 22.8. The molecule has 4 aromatic carbocycles. The van der Waals surface area contributed by atoms with Crippen molar-refractivity contribution in [1.29, 1.82) is 0 Å². The van der Waals surface area contributed by atoms with Crippen LogP contribution in [0.1, 0.15) is 30.4 Å². The third-order valence-electron chi connectivity index (χ3n) is 8.75. The first-order chi connectivity index (χ1) is 21.9. The average molecular weight is 607 g/mol. The Hall–Kier alpha value is -4.86. The van der Waals surface area contributed by atoms with Crippen LogP contribution in [0.15, 0.2) is 97.2 Å². The van der Waals surface area contributed by atoms with Crippen molar-refractivity contribution in [2.45, 2.75) is 37.3 Å². The van der Waals surface area contributed by atoms with Crippen molar-refractivity contribution in [3.63, 3.8) is 0 Å². The van der Waals surface area contributed by atoms with Gasteiger partial charge in [-0.1, -0.05) is 54.6 Å². The zero-order valence-electron chi connectivity index (χ0n) is 24.7. The third kappa shape index (κ3) is 6.09. The molecule has 0 aliphatic carbocycles. The molecule has 2 saturated heterocycles. The Labute approximate surface area is 260 Å². The Morgan fingerprint density at radius 2 is 1.60 bits per heavy atom. The van der Waals surface area contributed by atoms with E-state index in [1.54, 1.807) is 18.3 Å². The predicted octanol–water partition coefficient (Wildman–Crippen LogP) is 5.45. The quantitative estimate of drug-likeness (QED) is 0.160. The Balaban J connectivity index is 0.974. The standard InChI is InChI=1S/C36H34N2O7/c39-33-34(40)45-36(44-33,43-32-8-4-7-31-30(32)13-18-37-31)17-21-38-19-15-35(41,16-20-38)28-11-9-27-24-29(12-10-26(27)23-28)42-22-14-25-5-2-1-3-6-25/h1-13,18,23-24,37,41H,14-17,19-22H2. The molecular formula is C36H34N2O7. The number of hydrogen-bond acceptors (Lipinski definition) is 8. The van der Waals surface area contributed by atoms with Crippen LogP contribution in [0.25, 0.3) is 21.7 Å². The fraction of sp³-hybridized carbons (Fsp3) is 0.278. The maximum Gasteiger partial charge on any atom is 0.423 e. The Kier molecular flexibility index (Phi) is 7.64. The molecule has 0 amide bonds. The van der Waals surface area contributed by atoms with Gasteiger partial charge in [0.2, 0.25) is 0 Å². The molecular weight excluding hydrogens is 572 g/mol. The molecule has 2 aliphatic rings. The number of ether oxygens (including phenoxy) is 4. The molecule has 2 fully saturated rings. The molecule has 0 saturated carbocycles. The molecule has 45 heavy (non-hydrogen) atoms. The van der Waals surface area contributed by atoms with Crippen molar-refractivity contribution in [3.05, 3.63) is 108 Å². The third-order valence-corrected chi connectivity index (χ3v) is 8.75. The second-order valence-corrected chi connectivity index (χ2v) is 11.7. The second kappa shape index (κ2) is 11.9. The lowest BCUT2D eigenvalue weighted by Crippen LogP contribution is -2.46. The van der Waals surface area contributed by atoms with Gasteiger partial charge in [0.05, 0.1) is 18.6 Å². The molecule has 2 N–H and O–H groups in total. The summed E-state index contributed by atoms with van der Waals surface area (Å²) in [6, 6.07) is 29.7. The summed E-state index contributed by atoms with van der Waals surface area (Å²) in [5.41, 5.74) is 1.99.